The second-order valence-electron chi connectivity index (χ2n) is 5.60. The molecule has 0 aromatic carbocycles. The van der Waals surface area contributed by atoms with Gasteiger partial charge in [-0.3, -0.25) is 4.40 Å². The first-order valence-corrected chi connectivity index (χ1v) is 8.86. The summed E-state index contributed by atoms with van der Waals surface area (Å²) in [6.07, 6.45) is 5.69. The third-order valence-electron chi connectivity index (χ3n) is 3.79. The van der Waals surface area contributed by atoms with Gasteiger partial charge in [-0.25, -0.2) is 19.9 Å². The topological polar surface area (TPSA) is 68.4 Å². The van der Waals surface area contributed by atoms with Gasteiger partial charge in [-0.2, -0.15) is 0 Å². The van der Waals surface area contributed by atoms with Crippen LogP contribution in [0.1, 0.15) is 11.4 Å². The molecule has 1 saturated heterocycles. The Balaban J connectivity index is 1.50. The summed E-state index contributed by atoms with van der Waals surface area (Å²) < 4.78 is 7.33. The van der Waals surface area contributed by atoms with Crippen LogP contribution in [0.2, 0.25) is 0 Å². The fraction of sp³-hybridized carbons (Fsp3) is 0.375. The Morgan fingerprint density at radius 1 is 1.21 bits per heavy atom. The van der Waals surface area contributed by atoms with Gasteiger partial charge in [-0.05, 0) is 13.0 Å². The highest BCUT2D eigenvalue weighted by Gasteiger charge is 2.14. The molecule has 0 saturated carbocycles. The van der Waals surface area contributed by atoms with Crippen LogP contribution in [0.5, 0.6) is 0 Å². The number of thioether (sulfide) groups is 1. The molecule has 124 valence electrons. The van der Waals surface area contributed by atoms with Crippen molar-refractivity contribution in [1.82, 2.24) is 24.3 Å². The number of rotatable bonds is 4. The van der Waals surface area contributed by atoms with Gasteiger partial charge in [0.1, 0.15) is 5.82 Å². The third-order valence-corrected chi connectivity index (χ3v) is 4.67. The number of morpholine rings is 1. The second kappa shape index (κ2) is 6.74. The van der Waals surface area contributed by atoms with Crippen LogP contribution in [0, 0.1) is 6.92 Å². The van der Waals surface area contributed by atoms with Crippen molar-refractivity contribution in [1.29, 1.82) is 0 Å². The van der Waals surface area contributed by atoms with Crippen molar-refractivity contribution < 1.29 is 4.74 Å². The molecule has 0 unspecified atom stereocenters. The molecule has 8 heteroatoms. The molecule has 3 aromatic heterocycles. The summed E-state index contributed by atoms with van der Waals surface area (Å²) in [5.41, 5.74) is 1.95. The van der Waals surface area contributed by atoms with Crippen LogP contribution in [0.4, 0.5) is 5.82 Å². The Hall–Kier alpha value is -2.19. The lowest BCUT2D eigenvalue weighted by molar-refractivity contribution is 0.122. The molecular formula is C16H18N6OS. The predicted octanol–water partition coefficient (Wildman–Crippen LogP) is 1.96. The van der Waals surface area contributed by atoms with Crippen LogP contribution in [0.3, 0.4) is 0 Å². The van der Waals surface area contributed by atoms with E-state index in [1.54, 1.807) is 18.0 Å². The molecule has 24 heavy (non-hydrogen) atoms. The molecule has 0 amide bonds. The molecule has 0 aliphatic carbocycles. The largest absolute Gasteiger partial charge is 0.378 e. The Kier molecular flexibility index (Phi) is 4.31. The standard InChI is InChI=1S/C16H18N6OS/c1-12-9-14(21-5-7-23-8-6-21)20-16(18-12)24-11-13-10-22-4-2-3-17-15(22)19-13/h2-4,9-10H,5-8,11H2,1H3. The van der Waals surface area contributed by atoms with E-state index in [0.29, 0.717) is 5.78 Å². The van der Waals surface area contributed by atoms with Crippen LogP contribution in [-0.2, 0) is 10.5 Å². The summed E-state index contributed by atoms with van der Waals surface area (Å²) >= 11 is 1.60. The minimum atomic E-state index is 0.715. The number of hydrogen-bond donors (Lipinski definition) is 0. The summed E-state index contributed by atoms with van der Waals surface area (Å²) in [6.45, 7) is 5.25. The molecule has 4 heterocycles. The van der Waals surface area contributed by atoms with E-state index in [4.69, 9.17) is 9.72 Å². The summed E-state index contributed by atoms with van der Waals surface area (Å²) in [5.74, 6) is 2.41. The van der Waals surface area contributed by atoms with E-state index in [9.17, 15) is 0 Å². The number of nitrogens with zero attached hydrogens (tertiary/aromatic N) is 6. The van der Waals surface area contributed by atoms with Crippen LogP contribution in [0.25, 0.3) is 5.78 Å². The zero-order chi connectivity index (χ0) is 16.4. The fourth-order valence-electron chi connectivity index (χ4n) is 2.63. The second-order valence-corrected chi connectivity index (χ2v) is 6.54. The molecule has 0 bridgehead atoms. The fourth-order valence-corrected chi connectivity index (χ4v) is 3.41. The van der Waals surface area contributed by atoms with Gasteiger partial charge in [-0.15, -0.1) is 0 Å². The van der Waals surface area contributed by atoms with Crippen LogP contribution in [-0.4, -0.2) is 50.6 Å². The first-order chi connectivity index (χ1) is 11.8. The van der Waals surface area contributed by atoms with Gasteiger partial charge in [0, 0.05) is 49.2 Å². The van der Waals surface area contributed by atoms with Crippen molar-refractivity contribution in [3.8, 4) is 0 Å². The Morgan fingerprint density at radius 3 is 2.92 bits per heavy atom. The maximum Gasteiger partial charge on any atom is 0.233 e. The summed E-state index contributed by atoms with van der Waals surface area (Å²) in [7, 11) is 0. The van der Waals surface area contributed by atoms with Gasteiger partial charge >= 0.3 is 0 Å². The molecule has 1 fully saturated rings. The van der Waals surface area contributed by atoms with E-state index >= 15 is 0 Å². The number of fused-ring (bicyclic) bond motifs is 1. The van der Waals surface area contributed by atoms with Crippen molar-refractivity contribution >= 4 is 23.4 Å². The van der Waals surface area contributed by atoms with Crippen LogP contribution >= 0.6 is 11.8 Å². The molecule has 7 nitrogen and oxygen atoms in total. The van der Waals surface area contributed by atoms with Gasteiger partial charge in [0.2, 0.25) is 5.78 Å². The SMILES string of the molecule is Cc1cc(N2CCOCC2)nc(SCc2cn3cccnc3n2)n1. The Labute approximate surface area is 144 Å². The Bertz CT molecular complexity index is 812. The summed E-state index contributed by atoms with van der Waals surface area (Å²) in [5, 5.41) is 0.779. The van der Waals surface area contributed by atoms with Crippen molar-refractivity contribution in [2.45, 2.75) is 17.8 Å². The molecule has 1 aliphatic rings. The van der Waals surface area contributed by atoms with E-state index in [0.717, 1.165) is 54.4 Å². The molecule has 1 aliphatic heterocycles. The normalized spacial score (nSPS) is 15.1. The van der Waals surface area contributed by atoms with Crippen molar-refractivity contribution in [2.75, 3.05) is 31.2 Å². The van der Waals surface area contributed by atoms with Gasteiger partial charge < -0.3 is 9.64 Å². The highest BCUT2D eigenvalue weighted by Crippen LogP contribution is 2.23. The lowest BCUT2D eigenvalue weighted by atomic mass is 10.3. The number of aryl methyl sites for hydroxylation is 1. The first kappa shape index (κ1) is 15.3. The molecule has 0 N–H and O–H groups in total. The molecule has 0 atom stereocenters. The molecule has 3 aromatic rings. The maximum absolute atomic E-state index is 5.41. The monoisotopic (exact) mass is 342 g/mol. The number of hydrogen-bond acceptors (Lipinski definition) is 7. The average molecular weight is 342 g/mol. The maximum atomic E-state index is 5.41. The van der Waals surface area contributed by atoms with E-state index in [-0.39, 0.29) is 0 Å². The number of aromatic nitrogens is 5. The van der Waals surface area contributed by atoms with Crippen LogP contribution < -0.4 is 4.90 Å². The Morgan fingerprint density at radius 2 is 2.08 bits per heavy atom. The summed E-state index contributed by atoms with van der Waals surface area (Å²) in [6, 6.07) is 3.92. The lowest BCUT2D eigenvalue weighted by Crippen LogP contribution is -2.36. The van der Waals surface area contributed by atoms with Gasteiger partial charge in [0.25, 0.3) is 0 Å². The minimum absolute atomic E-state index is 0.715. The van der Waals surface area contributed by atoms with E-state index in [2.05, 4.69) is 19.9 Å². The smallest absolute Gasteiger partial charge is 0.233 e. The van der Waals surface area contributed by atoms with Crippen LogP contribution in [0.15, 0.2) is 35.9 Å². The van der Waals surface area contributed by atoms with E-state index in [1.165, 1.54) is 0 Å². The van der Waals surface area contributed by atoms with E-state index < -0.39 is 0 Å². The third kappa shape index (κ3) is 3.34. The number of anilines is 1. The average Bonchev–Trinajstić information content (AvgIpc) is 3.03. The first-order valence-electron chi connectivity index (χ1n) is 7.88. The summed E-state index contributed by atoms with van der Waals surface area (Å²) in [4.78, 5) is 20.2. The molecule has 0 radical (unpaired) electrons. The van der Waals surface area contributed by atoms with Crippen molar-refractivity contribution in [3.05, 3.63) is 42.1 Å². The zero-order valence-electron chi connectivity index (χ0n) is 13.4. The molecule has 0 spiro atoms. The van der Waals surface area contributed by atoms with E-state index in [1.807, 2.05) is 35.9 Å². The van der Waals surface area contributed by atoms with Gasteiger partial charge in [-0.1, -0.05) is 11.8 Å². The zero-order valence-corrected chi connectivity index (χ0v) is 14.2. The quantitative estimate of drug-likeness (QED) is 0.530. The molecular weight excluding hydrogens is 324 g/mol. The lowest BCUT2D eigenvalue weighted by Gasteiger charge is -2.28. The van der Waals surface area contributed by atoms with Gasteiger partial charge in [0.15, 0.2) is 5.16 Å². The van der Waals surface area contributed by atoms with Gasteiger partial charge in [0.05, 0.1) is 18.9 Å². The highest BCUT2D eigenvalue weighted by molar-refractivity contribution is 7.98. The van der Waals surface area contributed by atoms with Crippen molar-refractivity contribution in [2.24, 2.45) is 0 Å². The number of imidazole rings is 1. The van der Waals surface area contributed by atoms with Crippen molar-refractivity contribution in [3.63, 3.8) is 0 Å². The molecule has 4 rings (SSSR count). The predicted molar refractivity (Wildman–Crippen MR) is 92.3 cm³/mol. The minimum Gasteiger partial charge on any atom is -0.378 e. The highest BCUT2D eigenvalue weighted by atomic mass is 32.2. The number of ether oxygens (including phenoxy) is 1.